The molecule has 3 aromatic rings. The molecule has 3 rings (SSSR count). The zero-order valence-electron chi connectivity index (χ0n) is 12.0. The van der Waals surface area contributed by atoms with Crippen molar-refractivity contribution in [1.82, 2.24) is 9.55 Å². The Balaban J connectivity index is 2.07. The summed E-state index contributed by atoms with van der Waals surface area (Å²) in [6.45, 7) is 0.366. The van der Waals surface area contributed by atoms with E-state index in [9.17, 15) is 4.79 Å². The first-order valence-electron chi connectivity index (χ1n) is 6.47. The van der Waals surface area contributed by atoms with Crippen molar-refractivity contribution in [2.75, 3.05) is 14.2 Å². The Morgan fingerprint density at radius 1 is 1.27 bits per heavy atom. The number of hydrogen-bond donors (Lipinski definition) is 0. The summed E-state index contributed by atoms with van der Waals surface area (Å²) < 4.78 is 13.1. The maximum absolute atomic E-state index is 12.5. The number of halogens is 1. The molecule has 7 heteroatoms. The predicted molar refractivity (Wildman–Crippen MR) is 90.2 cm³/mol. The van der Waals surface area contributed by atoms with Gasteiger partial charge in [-0.2, -0.15) is 0 Å². The molecule has 0 radical (unpaired) electrons. The molecular formula is C15H13BrN2O3S. The van der Waals surface area contributed by atoms with Gasteiger partial charge in [-0.3, -0.25) is 9.36 Å². The minimum Gasteiger partial charge on any atom is -0.496 e. The lowest BCUT2D eigenvalue weighted by Gasteiger charge is -2.13. The number of aromatic nitrogens is 2. The molecule has 0 aliphatic carbocycles. The number of hydrogen-bond acceptors (Lipinski definition) is 5. The van der Waals surface area contributed by atoms with Crippen LogP contribution < -0.4 is 15.0 Å². The van der Waals surface area contributed by atoms with Crippen LogP contribution in [0.15, 0.2) is 39.2 Å². The average molecular weight is 381 g/mol. The summed E-state index contributed by atoms with van der Waals surface area (Å²) >= 11 is 4.88. The molecule has 114 valence electrons. The Labute approximate surface area is 139 Å². The Morgan fingerprint density at radius 2 is 2.05 bits per heavy atom. The van der Waals surface area contributed by atoms with Crippen LogP contribution in [0.2, 0.25) is 0 Å². The van der Waals surface area contributed by atoms with Crippen LogP contribution in [0.5, 0.6) is 11.5 Å². The van der Waals surface area contributed by atoms with Crippen molar-refractivity contribution >= 4 is 37.5 Å². The van der Waals surface area contributed by atoms with Gasteiger partial charge in [0.1, 0.15) is 16.3 Å². The predicted octanol–water partition coefficient (Wildman–Crippen LogP) is 3.29. The van der Waals surface area contributed by atoms with E-state index in [4.69, 9.17) is 9.47 Å². The first kappa shape index (κ1) is 15.1. The average Bonchev–Trinajstić information content (AvgIpc) is 3.00. The first-order chi connectivity index (χ1) is 10.6. The standard InChI is InChI=1S/C15H13BrN2O3S/c1-20-12-6-11(16)13(21-2)5-9(12)7-18-8-17-14-10(15(18)19)3-4-22-14/h3-6,8H,7H2,1-2H3. The molecule has 0 amide bonds. The molecule has 0 saturated carbocycles. The lowest BCUT2D eigenvalue weighted by molar-refractivity contribution is 0.395. The number of fused-ring (bicyclic) bond motifs is 1. The SMILES string of the molecule is COc1cc(Cn2cnc3sccc3c2=O)c(OC)cc1Br. The van der Waals surface area contributed by atoms with Gasteiger partial charge in [0.15, 0.2) is 0 Å². The Morgan fingerprint density at radius 3 is 2.77 bits per heavy atom. The third-order valence-corrected chi connectivity index (χ3v) is 4.79. The van der Waals surface area contributed by atoms with Crippen LogP contribution in [-0.2, 0) is 6.54 Å². The second-order valence-electron chi connectivity index (χ2n) is 4.62. The molecule has 2 heterocycles. The van der Waals surface area contributed by atoms with E-state index in [0.717, 1.165) is 14.9 Å². The minimum atomic E-state index is -0.0600. The van der Waals surface area contributed by atoms with Gasteiger partial charge in [-0.05, 0) is 39.5 Å². The van der Waals surface area contributed by atoms with Crippen molar-refractivity contribution in [1.29, 1.82) is 0 Å². The van der Waals surface area contributed by atoms with E-state index in [-0.39, 0.29) is 5.56 Å². The molecule has 0 saturated heterocycles. The highest BCUT2D eigenvalue weighted by Crippen LogP contribution is 2.33. The fraction of sp³-hybridized carbons (Fsp3) is 0.200. The molecule has 0 aliphatic heterocycles. The van der Waals surface area contributed by atoms with Crippen molar-refractivity contribution in [3.8, 4) is 11.5 Å². The Kier molecular flexibility index (Phi) is 4.17. The fourth-order valence-corrected chi connectivity index (χ4v) is 3.44. The van der Waals surface area contributed by atoms with Crippen LogP contribution in [0.25, 0.3) is 10.2 Å². The molecule has 0 N–H and O–H groups in total. The van der Waals surface area contributed by atoms with Gasteiger partial charge < -0.3 is 9.47 Å². The Hall–Kier alpha value is -1.86. The van der Waals surface area contributed by atoms with Crippen LogP contribution in [0.1, 0.15) is 5.56 Å². The number of nitrogens with zero attached hydrogens (tertiary/aromatic N) is 2. The van der Waals surface area contributed by atoms with Gasteiger partial charge in [0.2, 0.25) is 0 Å². The summed E-state index contributed by atoms with van der Waals surface area (Å²) in [5.74, 6) is 1.37. The van der Waals surface area contributed by atoms with Gasteiger partial charge in [-0.15, -0.1) is 11.3 Å². The van der Waals surface area contributed by atoms with E-state index < -0.39 is 0 Å². The van der Waals surface area contributed by atoms with E-state index in [0.29, 0.717) is 23.4 Å². The monoisotopic (exact) mass is 380 g/mol. The van der Waals surface area contributed by atoms with Crippen LogP contribution in [-0.4, -0.2) is 23.8 Å². The van der Waals surface area contributed by atoms with Gasteiger partial charge in [0, 0.05) is 5.56 Å². The highest BCUT2D eigenvalue weighted by Gasteiger charge is 2.12. The second kappa shape index (κ2) is 6.10. The van der Waals surface area contributed by atoms with Crippen molar-refractivity contribution in [2.24, 2.45) is 0 Å². The van der Waals surface area contributed by atoms with E-state index in [2.05, 4.69) is 20.9 Å². The summed E-state index contributed by atoms with van der Waals surface area (Å²) in [6, 6.07) is 5.48. The maximum Gasteiger partial charge on any atom is 0.262 e. The lowest BCUT2D eigenvalue weighted by atomic mass is 10.2. The van der Waals surface area contributed by atoms with Crippen molar-refractivity contribution in [3.05, 3.63) is 50.3 Å². The largest absolute Gasteiger partial charge is 0.496 e. The summed E-state index contributed by atoms with van der Waals surface area (Å²) in [5.41, 5.74) is 0.788. The van der Waals surface area contributed by atoms with Crippen LogP contribution in [0.4, 0.5) is 0 Å². The highest BCUT2D eigenvalue weighted by molar-refractivity contribution is 9.10. The molecule has 2 aromatic heterocycles. The van der Waals surface area contributed by atoms with Gasteiger partial charge in [0.05, 0.1) is 37.0 Å². The molecule has 22 heavy (non-hydrogen) atoms. The summed E-state index contributed by atoms with van der Waals surface area (Å²) in [7, 11) is 3.20. The normalized spacial score (nSPS) is 10.9. The molecular weight excluding hydrogens is 368 g/mol. The molecule has 0 aliphatic rings. The molecule has 0 spiro atoms. The molecule has 0 fully saturated rings. The van der Waals surface area contributed by atoms with Crippen molar-refractivity contribution in [3.63, 3.8) is 0 Å². The third kappa shape index (κ3) is 2.62. The minimum absolute atomic E-state index is 0.0600. The molecule has 5 nitrogen and oxygen atoms in total. The number of methoxy groups -OCH3 is 2. The fourth-order valence-electron chi connectivity index (χ4n) is 2.24. The highest BCUT2D eigenvalue weighted by atomic mass is 79.9. The number of ether oxygens (including phenoxy) is 2. The molecule has 0 atom stereocenters. The van der Waals surface area contributed by atoms with Gasteiger partial charge in [-0.25, -0.2) is 4.98 Å². The number of benzene rings is 1. The van der Waals surface area contributed by atoms with Crippen molar-refractivity contribution in [2.45, 2.75) is 6.54 Å². The maximum atomic E-state index is 12.5. The smallest absolute Gasteiger partial charge is 0.262 e. The van der Waals surface area contributed by atoms with Gasteiger partial charge >= 0.3 is 0 Å². The zero-order valence-corrected chi connectivity index (χ0v) is 14.4. The van der Waals surface area contributed by atoms with Crippen LogP contribution in [0, 0.1) is 0 Å². The van der Waals surface area contributed by atoms with Gasteiger partial charge in [-0.1, -0.05) is 0 Å². The molecule has 1 aromatic carbocycles. The number of rotatable bonds is 4. The van der Waals surface area contributed by atoms with Crippen LogP contribution >= 0.6 is 27.3 Å². The van der Waals surface area contributed by atoms with E-state index in [1.54, 1.807) is 31.2 Å². The summed E-state index contributed by atoms with van der Waals surface area (Å²) in [4.78, 5) is 17.5. The van der Waals surface area contributed by atoms with E-state index in [1.165, 1.54) is 11.3 Å². The van der Waals surface area contributed by atoms with Crippen LogP contribution in [0.3, 0.4) is 0 Å². The topological polar surface area (TPSA) is 53.4 Å². The summed E-state index contributed by atoms with van der Waals surface area (Å²) in [6.07, 6.45) is 1.56. The molecule has 0 unspecified atom stereocenters. The van der Waals surface area contributed by atoms with Crippen molar-refractivity contribution < 1.29 is 9.47 Å². The van der Waals surface area contributed by atoms with Gasteiger partial charge in [0.25, 0.3) is 5.56 Å². The lowest BCUT2D eigenvalue weighted by Crippen LogP contribution is -2.20. The third-order valence-electron chi connectivity index (χ3n) is 3.35. The Bertz CT molecular complexity index is 888. The quantitative estimate of drug-likeness (QED) is 0.696. The van der Waals surface area contributed by atoms with E-state index in [1.807, 2.05) is 17.5 Å². The second-order valence-corrected chi connectivity index (χ2v) is 6.36. The number of thiophene rings is 1. The first-order valence-corrected chi connectivity index (χ1v) is 8.14. The molecule has 0 bridgehead atoms. The zero-order chi connectivity index (χ0) is 15.7. The summed E-state index contributed by atoms with van der Waals surface area (Å²) in [5, 5.41) is 2.50. The van der Waals surface area contributed by atoms with E-state index >= 15 is 0 Å².